The van der Waals surface area contributed by atoms with Gasteiger partial charge in [0.15, 0.2) is 0 Å². The summed E-state index contributed by atoms with van der Waals surface area (Å²) in [6.45, 7) is 2.40. The smallest absolute Gasteiger partial charge is 0.274 e. The molecule has 1 heterocycles. The van der Waals surface area contributed by atoms with Crippen molar-refractivity contribution in [2.75, 3.05) is 19.0 Å². The summed E-state index contributed by atoms with van der Waals surface area (Å²) in [6, 6.07) is 8.69. The molecule has 1 aromatic carbocycles. The largest absolute Gasteiger partial charge is 0.492 e. The molecule has 20 heavy (non-hydrogen) atoms. The van der Waals surface area contributed by atoms with E-state index in [1.54, 1.807) is 12.1 Å². The third-order valence-corrected chi connectivity index (χ3v) is 2.52. The zero-order valence-corrected chi connectivity index (χ0v) is 11.3. The second-order valence-electron chi connectivity index (χ2n) is 3.83. The third-order valence-electron chi connectivity index (χ3n) is 2.52. The van der Waals surface area contributed by atoms with Crippen molar-refractivity contribution >= 4 is 11.6 Å². The molecule has 0 unspecified atom stereocenters. The molecule has 0 fully saturated rings. The normalized spacial score (nSPS) is 9.90. The fraction of sp³-hybridized carbons (Fsp3) is 0.214. The highest BCUT2D eigenvalue weighted by Crippen LogP contribution is 2.24. The molecule has 0 atom stereocenters. The number of carbonyl (C=O) groups is 1. The van der Waals surface area contributed by atoms with Gasteiger partial charge in [0.05, 0.1) is 19.4 Å². The number of aromatic nitrogens is 2. The number of nitrogens with one attached hydrogen (secondary N) is 1. The van der Waals surface area contributed by atoms with Gasteiger partial charge in [-0.2, -0.15) is 0 Å². The van der Waals surface area contributed by atoms with Crippen molar-refractivity contribution in [3.63, 3.8) is 0 Å². The highest BCUT2D eigenvalue weighted by molar-refractivity contribution is 6.03. The van der Waals surface area contributed by atoms with Crippen LogP contribution in [-0.2, 0) is 0 Å². The number of amides is 1. The molecular formula is C14H15N3O3. The number of hydrogen-bond acceptors (Lipinski definition) is 5. The first-order valence-corrected chi connectivity index (χ1v) is 6.13. The van der Waals surface area contributed by atoms with Crippen molar-refractivity contribution in [2.45, 2.75) is 6.92 Å². The zero-order valence-electron chi connectivity index (χ0n) is 11.3. The molecule has 1 N–H and O–H groups in total. The maximum absolute atomic E-state index is 12.1. The summed E-state index contributed by atoms with van der Waals surface area (Å²) in [5.74, 6) is 0.602. The highest BCUT2D eigenvalue weighted by atomic mass is 16.5. The van der Waals surface area contributed by atoms with E-state index >= 15 is 0 Å². The molecule has 6 nitrogen and oxygen atoms in total. The molecule has 1 aromatic heterocycles. The molecule has 0 saturated carbocycles. The molecule has 2 aromatic rings. The second kappa shape index (κ2) is 6.51. The molecule has 0 saturated heterocycles. The molecule has 104 valence electrons. The number of rotatable bonds is 5. The van der Waals surface area contributed by atoms with E-state index in [1.165, 1.54) is 19.5 Å². The van der Waals surface area contributed by atoms with Crippen molar-refractivity contribution < 1.29 is 14.3 Å². The van der Waals surface area contributed by atoms with Gasteiger partial charge in [0, 0.05) is 6.07 Å². The van der Waals surface area contributed by atoms with Crippen LogP contribution in [0.25, 0.3) is 0 Å². The van der Waals surface area contributed by atoms with Crippen LogP contribution >= 0.6 is 0 Å². The van der Waals surface area contributed by atoms with Gasteiger partial charge in [0.25, 0.3) is 5.91 Å². The molecule has 0 aliphatic heterocycles. The molecule has 0 aliphatic carbocycles. The first kappa shape index (κ1) is 13.8. The number of anilines is 1. The number of hydrogen-bond donors (Lipinski definition) is 1. The predicted octanol–water partition coefficient (Wildman–Crippen LogP) is 2.14. The monoisotopic (exact) mass is 273 g/mol. The summed E-state index contributed by atoms with van der Waals surface area (Å²) >= 11 is 0. The van der Waals surface area contributed by atoms with Gasteiger partial charge in [-0.15, -0.1) is 0 Å². The minimum absolute atomic E-state index is 0.225. The minimum Gasteiger partial charge on any atom is -0.492 e. The summed E-state index contributed by atoms with van der Waals surface area (Å²) in [7, 11) is 1.48. The van der Waals surface area contributed by atoms with E-state index < -0.39 is 0 Å². The number of para-hydroxylation sites is 2. The molecule has 1 amide bonds. The van der Waals surface area contributed by atoms with Crippen molar-refractivity contribution in [3.8, 4) is 11.6 Å². The average molecular weight is 273 g/mol. The standard InChI is InChI=1S/C14H15N3O3/c1-3-20-12-7-5-4-6-10(12)17-14(18)11-8-13(19-2)16-9-15-11/h4-9H,3H2,1-2H3,(H,17,18). The van der Waals surface area contributed by atoms with Crippen LogP contribution in [0.3, 0.4) is 0 Å². The van der Waals surface area contributed by atoms with Crippen LogP contribution in [0.2, 0.25) is 0 Å². The van der Waals surface area contributed by atoms with Crippen LogP contribution in [-0.4, -0.2) is 29.6 Å². The Kier molecular flexibility index (Phi) is 4.49. The van der Waals surface area contributed by atoms with Crippen molar-refractivity contribution in [1.82, 2.24) is 9.97 Å². The van der Waals surface area contributed by atoms with Crippen molar-refractivity contribution in [2.24, 2.45) is 0 Å². The topological polar surface area (TPSA) is 73.3 Å². The SMILES string of the molecule is CCOc1ccccc1NC(=O)c1cc(OC)ncn1. The van der Waals surface area contributed by atoms with Crippen molar-refractivity contribution in [1.29, 1.82) is 0 Å². The van der Waals surface area contributed by atoms with Gasteiger partial charge in [-0.05, 0) is 19.1 Å². The average Bonchev–Trinajstić information content (AvgIpc) is 2.49. The number of ether oxygens (including phenoxy) is 2. The van der Waals surface area contributed by atoms with E-state index in [4.69, 9.17) is 9.47 Å². The van der Waals surface area contributed by atoms with E-state index in [9.17, 15) is 4.79 Å². The van der Waals surface area contributed by atoms with E-state index in [2.05, 4.69) is 15.3 Å². The van der Waals surface area contributed by atoms with E-state index in [0.29, 0.717) is 23.9 Å². The fourth-order valence-electron chi connectivity index (χ4n) is 1.61. The second-order valence-corrected chi connectivity index (χ2v) is 3.83. The lowest BCUT2D eigenvalue weighted by Gasteiger charge is -2.11. The maximum atomic E-state index is 12.1. The van der Waals surface area contributed by atoms with Crippen LogP contribution < -0.4 is 14.8 Å². The summed E-state index contributed by atoms with van der Waals surface area (Å²) < 4.78 is 10.4. The summed E-state index contributed by atoms with van der Waals surface area (Å²) in [6.07, 6.45) is 1.28. The van der Waals surface area contributed by atoms with Crippen LogP contribution in [0, 0.1) is 0 Å². The molecular weight excluding hydrogens is 258 g/mol. The molecule has 0 bridgehead atoms. The van der Waals surface area contributed by atoms with Gasteiger partial charge in [-0.3, -0.25) is 4.79 Å². The fourth-order valence-corrected chi connectivity index (χ4v) is 1.61. The first-order valence-electron chi connectivity index (χ1n) is 6.13. The molecule has 2 rings (SSSR count). The van der Waals surface area contributed by atoms with Crippen LogP contribution in [0.5, 0.6) is 11.6 Å². The minimum atomic E-state index is -0.349. The Morgan fingerprint density at radius 1 is 1.30 bits per heavy atom. The molecule has 6 heteroatoms. The van der Waals surface area contributed by atoms with E-state index in [-0.39, 0.29) is 11.6 Å². The summed E-state index contributed by atoms with van der Waals surface area (Å²) in [4.78, 5) is 19.9. The Morgan fingerprint density at radius 3 is 2.85 bits per heavy atom. The van der Waals surface area contributed by atoms with Crippen LogP contribution in [0.1, 0.15) is 17.4 Å². The highest BCUT2D eigenvalue weighted by Gasteiger charge is 2.12. The van der Waals surface area contributed by atoms with Gasteiger partial charge < -0.3 is 14.8 Å². The number of methoxy groups -OCH3 is 1. The van der Waals surface area contributed by atoms with Gasteiger partial charge in [0.1, 0.15) is 17.8 Å². The number of carbonyl (C=O) groups excluding carboxylic acids is 1. The van der Waals surface area contributed by atoms with Crippen LogP contribution in [0.15, 0.2) is 36.7 Å². The number of benzene rings is 1. The summed E-state index contributed by atoms with van der Waals surface area (Å²) in [5.41, 5.74) is 0.820. The Bertz CT molecular complexity index is 602. The maximum Gasteiger partial charge on any atom is 0.274 e. The van der Waals surface area contributed by atoms with Gasteiger partial charge in [-0.1, -0.05) is 12.1 Å². The van der Waals surface area contributed by atoms with E-state index in [1.807, 2.05) is 19.1 Å². The quantitative estimate of drug-likeness (QED) is 0.903. The van der Waals surface area contributed by atoms with Gasteiger partial charge >= 0.3 is 0 Å². The third kappa shape index (κ3) is 3.23. The first-order chi connectivity index (χ1) is 9.74. The number of nitrogens with zero attached hydrogens (tertiary/aromatic N) is 2. The molecule has 0 aliphatic rings. The van der Waals surface area contributed by atoms with Crippen molar-refractivity contribution in [3.05, 3.63) is 42.4 Å². The van der Waals surface area contributed by atoms with Gasteiger partial charge in [0.2, 0.25) is 5.88 Å². The van der Waals surface area contributed by atoms with Gasteiger partial charge in [-0.25, -0.2) is 9.97 Å². The molecule has 0 radical (unpaired) electrons. The Hall–Kier alpha value is -2.63. The summed E-state index contributed by atoms with van der Waals surface area (Å²) in [5, 5.41) is 2.75. The molecule has 0 spiro atoms. The lowest BCUT2D eigenvalue weighted by Crippen LogP contribution is -2.14. The predicted molar refractivity (Wildman–Crippen MR) is 74.1 cm³/mol. The zero-order chi connectivity index (χ0) is 14.4. The van der Waals surface area contributed by atoms with Crippen LogP contribution in [0.4, 0.5) is 5.69 Å². The Morgan fingerprint density at radius 2 is 2.10 bits per heavy atom. The Labute approximate surface area is 116 Å². The Balaban J connectivity index is 2.19. The van der Waals surface area contributed by atoms with E-state index in [0.717, 1.165) is 0 Å². The lowest BCUT2D eigenvalue weighted by atomic mass is 10.2. The lowest BCUT2D eigenvalue weighted by molar-refractivity contribution is 0.102.